The van der Waals surface area contributed by atoms with Crippen molar-refractivity contribution in [1.82, 2.24) is 15.1 Å². The van der Waals surface area contributed by atoms with Gasteiger partial charge in [0.05, 0.1) is 12.6 Å². The molecule has 108 valence electrons. The summed E-state index contributed by atoms with van der Waals surface area (Å²) >= 11 is 0. The standard InChI is InChI=1S/C15H15N3O3/c19-13(7-6-11-4-2-1-3-5-11)17-9-12(10-17)18-14(20)8-16-15(18)21/h1-7,12H,8-10H2,(H,16,21). The number of nitrogens with zero attached hydrogens (tertiary/aromatic N) is 2. The lowest BCUT2D eigenvalue weighted by molar-refractivity contribution is -0.138. The third-order valence-electron chi connectivity index (χ3n) is 3.64. The highest BCUT2D eigenvalue weighted by atomic mass is 16.2. The number of benzene rings is 1. The fourth-order valence-corrected chi connectivity index (χ4v) is 2.44. The minimum atomic E-state index is -0.364. The molecular weight excluding hydrogens is 270 g/mol. The minimum Gasteiger partial charge on any atom is -0.335 e. The predicted molar refractivity (Wildman–Crippen MR) is 76.1 cm³/mol. The predicted octanol–water partition coefficient (Wildman–Crippen LogP) is 0.462. The molecule has 1 aromatic carbocycles. The summed E-state index contributed by atoms with van der Waals surface area (Å²) in [5.74, 6) is -0.334. The van der Waals surface area contributed by atoms with Crippen LogP contribution in [-0.4, -0.2) is 53.3 Å². The zero-order valence-electron chi connectivity index (χ0n) is 11.4. The number of nitrogens with one attached hydrogen (secondary N) is 1. The molecule has 21 heavy (non-hydrogen) atoms. The van der Waals surface area contributed by atoms with Crippen molar-refractivity contribution in [3.63, 3.8) is 0 Å². The molecule has 3 rings (SSSR count). The zero-order valence-corrected chi connectivity index (χ0v) is 11.4. The van der Waals surface area contributed by atoms with Crippen LogP contribution in [0.3, 0.4) is 0 Å². The van der Waals surface area contributed by atoms with Crippen LogP contribution in [0.15, 0.2) is 36.4 Å². The molecule has 4 amide bonds. The molecule has 0 aromatic heterocycles. The van der Waals surface area contributed by atoms with Crippen LogP contribution in [0.5, 0.6) is 0 Å². The molecule has 6 heteroatoms. The van der Waals surface area contributed by atoms with Crippen LogP contribution < -0.4 is 5.32 Å². The van der Waals surface area contributed by atoms with E-state index in [1.54, 1.807) is 11.0 Å². The molecule has 0 radical (unpaired) electrons. The summed E-state index contributed by atoms with van der Waals surface area (Å²) in [4.78, 5) is 37.8. The second-order valence-electron chi connectivity index (χ2n) is 5.06. The van der Waals surface area contributed by atoms with Gasteiger partial charge in [0.1, 0.15) is 0 Å². The smallest absolute Gasteiger partial charge is 0.324 e. The molecule has 2 aliphatic heterocycles. The van der Waals surface area contributed by atoms with E-state index in [0.29, 0.717) is 13.1 Å². The van der Waals surface area contributed by atoms with Crippen molar-refractivity contribution in [2.24, 2.45) is 0 Å². The van der Waals surface area contributed by atoms with E-state index in [4.69, 9.17) is 0 Å². The van der Waals surface area contributed by atoms with Gasteiger partial charge in [0.25, 0.3) is 0 Å². The van der Waals surface area contributed by atoms with Crippen molar-refractivity contribution in [2.45, 2.75) is 6.04 Å². The number of carbonyl (C=O) groups is 3. The lowest BCUT2D eigenvalue weighted by atomic mass is 10.1. The van der Waals surface area contributed by atoms with Crippen LogP contribution in [0.4, 0.5) is 4.79 Å². The Hall–Kier alpha value is -2.63. The Morgan fingerprint density at radius 3 is 2.52 bits per heavy atom. The first-order valence-corrected chi connectivity index (χ1v) is 6.77. The number of rotatable bonds is 3. The minimum absolute atomic E-state index is 0.0528. The van der Waals surface area contributed by atoms with Crippen molar-refractivity contribution >= 4 is 23.9 Å². The van der Waals surface area contributed by atoms with Gasteiger partial charge in [0, 0.05) is 19.2 Å². The van der Waals surface area contributed by atoms with E-state index in [1.165, 1.54) is 11.0 Å². The van der Waals surface area contributed by atoms with E-state index in [1.807, 2.05) is 30.3 Å². The largest absolute Gasteiger partial charge is 0.335 e. The fraction of sp³-hybridized carbons (Fsp3) is 0.267. The zero-order chi connectivity index (χ0) is 14.8. The first-order chi connectivity index (χ1) is 10.1. The van der Waals surface area contributed by atoms with Gasteiger partial charge in [0.15, 0.2) is 0 Å². The molecule has 1 aromatic rings. The lowest BCUT2D eigenvalue weighted by Gasteiger charge is -2.41. The highest BCUT2D eigenvalue weighted by Gasteiger charge is 2.42. The molecule has 0 spiro atoms. The summed E-state index contributed by atoms with van der Waals surface area (Å²) in [6.07, 6.45) is 3.26. The molecule has 2 aliphatic rings. The van der Waals surface area contributed by atoms with Gasteiger partial charge in [-0.05, 0) is 11.6 Å². The van der Waals surface area contributed by atoms with Crippen molar-refractivity contribution in [3.05, 3.63) is 42.0 Å². The van der Waals surface area contributed by atoms with Gasteiger partial charge < -0.3 is 10.2 Å². The molecule has 1 N–H and O–H groups in total. The Labute approximate surface area is 122 Å². The molecular formula is C15H15N3O3. The van der Waals surface area contributed by atoms with E-state index >= 15 is 0 Å². The maximum Gasteiger partial charge on any atom is 0.324 e. The van der Waals surface area contributed by atoms with Crippen LogP contribution in [0.2, 0.25) is 0 Å². The van der Waals surface area contributed by atoms with E-state index in [9.17, 15) is 14.4 Å². The monoisotopic (exact) mass is 285 g/mol. The number of hydrogen-bond acceptors (Lipinski definition) is 3. The maximum absolute atomic E-state index is 12.0. The molecule has 0 bridgehead atoms. The summed E-state index contributed by atoms with van der Waals surface area (Å²) < 4.78 is 0. The molecule has 0 unspecified atom stereocenters. The third-order valence-corrected chi connectivity index (χ3v) is 3.64. The molecule has 0 saturated carbocycles. The number of likely N-dealkylation sites (tertiary alicyclic amines) is 1. The Morgan fingerprint density at radius 2 is 1.90 bits per heavy atom. The number of hydrogen-bond donors (Lipinski definition) is 1. The Kier molecular flexibility index (Phi) is 3.43. The van der Waals surface area contributed by atoms with Gasteiger partial charge in [0.2, 0.25) is 11.8 Å². The number of amides is 4. The molecule has 2 fully saturated rings. The Bertz CT molecular complexity index is 590. The Balaban J connectivity index is 1.54. The van der Waals surface area contributed by atoms with Gasteiger partial charge in [-0.3, -0.25) is 14.5 Å². The first kappa shape index (κ1) is 13.4. The summed E-state index contributed by atoms with van der Waals surface area (Å²) in [6, 6.07) is 8.98. The average Bonchev–Trinajstić information content (AvgIpc) is 2.77. The normalized spacial score (nSPS) is 19.0. The average molecular weight is 285 g/mol. The van der Waals surface area contributed by atoms with Crippen molar-refractivity contribution in [2.75, 3.05) is 19.6 Å². The molecule has 2 heterocycles. The van der Waals surface area contributed by atoms with Crippen molar-refractivity contribution in [1.29, 1.82) is 0 Å². The fourth-order valence-electron chi connectivity index (χ4n) is 2.44. The molecule has 2 saturated heterocycles. The van der Waals surface area contributed by atoms with E-state index in [2.05, 4.69) is 5.32 Å². The van der Waals surface area contributed by atoms with Crippen LogP contribution in [0.1, 0.15) is 5.56 Å². The van der Waals surface area contributed by atoms with Gasteiger partial charge in [-0.25, -0.2) is 4.79 Å². The van der Waals surface area contributed by atoms with Gasteiger partial charge >= 0.3 is 6.03 Å². The maximum atomic E-state index is 12.0. The lowest BCUT2D eigenvalue weighted by Crippen LogP contribution is -2.62. The van der Waals surface area contributed by atoms with Crippen molar-refractivity contribution < 1.29 is 14.4 Å². The summed E-state index contributed by atoms with van der Waals surface area (Å²) in [5.41, 5.74) is 0.956. The van der Waals surface area contributed by atoms with Crippen LogP contribution in [0.25, 0.3) is 6.08 Å². The van der Waals surface area contributed by atoms with E-state index < -0.39 is 0 Å². The molecule has 0 aliphatic carbocycles. The van der Waals surface area contributed by atoms with Gasteiger partial charge in [-0.15, -0.1) is 0 Å². The third kappa shape index (κ3) is 2.65. The second kappa shape index (κ2) is 5.40. The summed E-state index contributed by atoms with van der Waals surface area (Å²) in [7, 11) is 0. The van der Waals surface area contributed by atoms with Crippen LogP contribution >= 0.6 is 0 Å². The topological polar surface area (TPSA) is 69.7 Å². The van der Waals surface area contributed by atoms with E-state index in [0.717, 1.165) is 5.56 Å². The van der Waals surface area contributed by atoms with Crippen LogP contribution in [-0.2, 0) is 9.59 Å². The van der Waals surface area contributed by atoms with Gasteiger partial charge in [-0.1, -0.05) is 30.3 Å². The van der Waals surface area contributed by atoms with Crippen LogP contribution in [0, 0.1) is 0 Å². The number of urea groups is 1. The summed E-state index contributed by atoms with van der Waals surface area (Å²) in [5, 5.41) is 2.48. The van der Waals surface area contributed by atoms with Crippen molar-refractivity contribution in [3.8, 4) is 0 Å². The molecule has 6 nitrogen and oxygen atoms in total. The number of carbonyl (C=O) groups excluding carboxylic acids is 3. The summed E-state index contributed by atoms with van der Waals surface area (Å²) in [6.45, 7) is 0.853. The SMILES string of the molecule is O=C(C=Cc1ccccc1)N1CC(N2C(=O)CNC2=O)C1. The van der Waals surface area contributed by atoms with Gasteiger partial charge in [-0.2, -0.15) is 0 Å². The second-order valence-corrected chi connectivity index (χ2v) is 5.06. The number of imide groups is 1. The quantitative estimate of drug-likeness (QED) is 0.648. The first-order valence-electron chi connectivity index (χ1n) is 6.77. The highest BCUT2D eigenvalue weighted by molar-refractivity contribution is 6.02. The highest BCUT2D eigenvalue weighted by Crippen LogP contribution is 2.18. The van der Waals surface area contributed by atoms with E-state index in [-0.39, 0.29) is 30.4 Å². The Morgan fingerprint density at radius 1 is 1.19 bits per heavy atom. The molecule has 0 atom stereocenters.